The first-order chi connectivity index (χ1) is 17.5. The van der Waals surface area contributed by atoms with Crippen LogP contribution in [0.3, 0.4) is 0 Å². The maximum Gasteiger partial charge on any atom is 0.352 e. The molecule has 4 atom stereocenters. The van der Waals surface area contributed by atoms with Crippen LogP contribution in [0.1, 0.15) is 34.8 Å². The summed E-state index contributed by atoms with van der Waals surface area (Å²) in [4.78, 5) is 55.0. The van der Waals surface area contributed by atoms with Gasteiger partial charge in [-0.2, -0.15) is 0 Å². The van der Waals surface area contributed by atoms with Crippen molar-refractivity contribution in [3.05, 3.63) is 68.7 Å². The first-order valence-corrected chi connectivity index (χ1v) is 12.2. The molecule has 0 saturated carbocycles. The second kappa shape index (κ2) is 8.49. The third-order valence-electron chi connectivity index (χ3n) is 7.18. The minimum Gasteiger partial charge on any atom is -0.477 e. The Balaban J connectivity index is 1.69. The van der Waals surface area contributed by atoms with Crippen LogP contribution in [0.2, 0.25) is 0 Å². The van der Waals surface area contributed by atoms with Gasteiger partial charge in [0.25, 0.3) is 11.6 Å². The lowest BCUT2D eigenvalue weighted by molar-refractivity contribution is -0.384. The summed E-state index contributed by atoms with van der Waals surface area (Å²) >= 11 is 1.18. The molecule has 13 heteroatoms. The largest absolute Gasteiger partial charge is 0.477 e. The molecule has 1 saturated heterocycles. The number of imidazole rings is 1. The second-order valence-corrected chi connectivity index (χ2v) is 10.5. The van der Waals surface area contributed by atoms with Crippen LogP contribution in [0.5, 0.6) is 0 Å². The maximum atomic E-state index is 13.1. The van der Waals surface area contributed by atoms with E-state index >= 15 is 0 Å². The number of nitro groups is 1. The highest BCUT2D eigenvalue weighted by molar-refractivity contribution is 7.18. The molecule has 3 aromatic rings. The topological polar surface area (TPSA) is 167 Å². The number of β-lactam (4-membered cyclic amide) rings is 1. The Bertz CT molecular complexity index is 1510. The number of carboxylic acids is 1. The zero-order chi connectivity index (χ0) is 26.8. The van der Waals surface area contributed by atoms with E-state index in [1.807, 2.05) is 6.92 Å². The molecule has 3 N–H and O–H groups in total. The minimum absolute atomic E-state index is 0.0766. The lowest BCUT2D eigenvalue weighted by atomic mass is 9.64. The molecule has 2 aliphatic heterocycles. The van der Waals surface area contributed by atoms with Crippen molar-refractivity contribution in [2.24, 2.45) is 11.3 Å². The molecule has 2 aliphatic rings. The third kappa shape index (κ3) is 3.53. The molecule has 1 fully saturated rings. The van der Waals surface area contributed by atoms with Gasteiger partial charge in [0.05, 0.1) is 27.9 Å². The summed E-state index contributed by atoms with van der Waals surface area (Å²) in [5.74, 6) is -2.97. The highest BCUT2D eigenvalue weighted by atomic mass is 32.1. The van der Waals surface area contributed by atoms with Crippen LogP contribution in [0.25, 0.3) is 10.4 Å². The van der Waals surface area contributed by atoms with Gasteiger partial charge in [-0.1, -0.05) is 19.1 Å². The zero-order valence-electron chi connectivity index (χ0n) is 20.0. The lowest BCUT2D eigenvalue weighted by Gasteiger charge is -2.51. The Morgan fingerprint density at radius 2 is 2.00 bits per heavy atom. The zero-order valence-corrected chi connectivity index (χ0v) is 20.9. The molecule has 12 nitrogen and oxygen atoms in total. The standard InChI is InChI=1S/C24H23N5O7S/c1-11(30)15-19-24(2,8-12-4-6-13(7-5-12)29(35)36)16(18(23(33)34)28(19)21(15)32)14-9-27-10-26-17(20(31)25-3)22(27)37-14/h4-7,9-11,15,19,30H,8H2,1-3H3,(H,25,31)(H,33,34)/t11-,15-,19-,24+/m1/s1. The van der Waals surface area contributed by atoms with Crippen LogP contribution >= 0.6 is 11.3 Å². The molecule has 0 aliphatic carbocycles. The van der Waals surface area contributed by atoms with Gasteiger partial charge in [0.15, 0.2) is 5.69 Å². The molecule has 0 radical (unpaired) electrons. The Morgan fingerprint density at radius 3 is 2.57 bits per heavy atom. The Kier molecular flexibility index (Phi) is 5.64. The van der Waals surface area contributed by atoms with Gasteiger partial charge in [-0.25, -0.2) is 9.78 Å². The lowest BCUT2D eigenvalue weighted by Crippen LogP contribution is -2.66. The van der Waals surface area contributed by atoms with E-state index in [0.29, 0.717) is 20.8 Å². The number of non-ortho nitro benzene ring substituents is 1. The number of benzene rings is 1. The number of aliphatic hydroxyl groups excluding tert-OH is 1. The first kappa shape index (κ1) is 24.6. The van der Waals surface area contributed by atoms with E-state index in [-0.39, 0.29) is 23.5 Å². The summed E-state index contributed by atoms with van der Waals surface area (Å²) in [7, 11) is 1.48. The molecule has 37 heavy (non-hydrogen) atoms. The molecule has 192 valence electrons. The van der Waals surface area contributed by atoms with E-state index in [4.69, 9.17) is 0 Å². The Morgan fingerprint density at radius 1 is 1.32 bits per heavy atom. The molecular formula is C24H23N5O7S. The molecule has 5 rings (SSSR count). The first-order valence-electron chi connectivity index (χ1n) is 11.4. The van der Waals surface area contributed by atoms with Crippen molar-refractivity contribution in [3.63, 3.8) is 0 Å². The predicted octanol–water partition coefficient (Wildman–Crippen LogP) is 1.93. The summed E-state index contributed by atoms with van der Waals surface area (Å²) in [6.45, 7) is 3.34. The summed E-state index contributed by atoms with van der Waals surface area (Å²) in [5, 5.41) is 34.3. The number of aliphatic carboxylic acids is 1. The van der Waals surface area contributed by atoms with Crippen molar-refractivity contribution in [3.8, 4) is 0 Å². The van der Waals surface area contributed by atoms with Gasteiger partial charge in [-0.3, -0.25) is 24.1 Å². The number of nitro benzene ring substituents is 1. The number of carbonyl (C=O) groups is 3. The molecule has 4 heterocycles. The number of carboxylic acid groups (broad SMARTS) is 1. The predicted molar refractivity (Wildman–Crippen MR) is 132 cm³/mol. The molecule has 0 unspecified atom stereocenters. The smallest absolute Gasteiger partial charge is 0.352 e. The van der Waals surface area contributed by atoms with Crippen molar-refractivity contribution in [1.29, 1.82) is 0 Å². The second-order valence-electron chi connectivity index (χ2n) is 9.45. The fraction of sp³-hybridized carbons (Fsp3) is 0.333. The van der Waals surface area contributed by atoms with Crippen LogP contribution in [-0.2, 0) is 16.0 Å². The number of aromatic nitrogens is 2. The normalized spacial score (nSPS) is 23.7. The average molecular weight is 526 g/mol. The van der Waals surface area contributed by atoms with Crippen LogP contribution in [0, 0.1) is 21.4 Å². The van der Waals surface area contributed by atoms with Crippen LogP contribution in [0.15, 0.2) is 42.5 Å². The number of hydrogen-bond acceptors (Lipinski definition) is 8. The summed E-state index contributed by atoms with van der Waals surface area (Å²) in [6, 6.07) is 5.32. The van der Waals surface area contributed by atoms with E-state index in [0.717, 1.165) is 0 Å². The Labute approximate surface area is 214 Å². The van der Waals surface area contributed by atoms with Gasteiger partial charge in [0.2, 0.25) is 5.91 Å². The third-order valence-corrected chi connectivity index (χ3v) is 8.31. The monoisotopic (exact) mass is 525 g/mol. The van der Waals surface area contributed by atoms with Gasteiger partial charge < -0.3 is 20.4 Å². The molecule has 2 amide bonds. The van der Waals surface area contributed by atoms with Gasteiger partial charge >= 0.3 is 5.97 Å². The molecule has 1 aromatic carbocycles. The van der Waals surface area contributed by atoms with Crippen molar-refractivity contribution < 1.29 is 29.5 Å². The van der Waals surface area contributed by atoms with Gasteiger partial charge in [0.1, 0.15) is 16.9 Å². The van der Waals surface area contributed by atoms with E-state index in [1.54, 1.807) is 22.7 Å². The highest BCUT2D eigenvalue weighted by Crippen LogP contribution is 2.59. The summed E-state index contributed by atoms with van der Waals surface area (Å²) in [6.07, 6.45) is 2.38. The number of hydrogen-bond donors (Lipinski definition) is 3. The van der Waals surface area contributed by atoms with E-state index in [1.165, 1.54) is 48.7 Å². The fourth-order valence-corrected chi connectivity index (χ4v) is 6.85. The van der Waals surface area contributed by atoms with Crippen molar-refractivity contribution in [2.45, 2.75) is 32.4 Å². The number of thiazole rings is 1. The summed E-state index contributed by atoms with van der Waals surface area (Å²) < 4.78 is 1.63. The van der Waals surface area contributed by atoms with Crippen LogP contribution < -0.4 is 5.32 Å². The number of amides is 2. The maximum absolute atomic E-state index is 13.1. The highest BCUT2D eigenvalue weighted by Gasteiger charge is 2.66. The van der Waals surface area contributed by atoms with Crippen LogP contribution in [-0.4, -0.2) is 66.4 Å². The van der Waals surface area contributed by atoms with Gasteiger partial charge in [0, 0.05) is 36.4 Å². The quantitative estimate of drug-likeness (QED) is 0.239. The van der Waals surface area contributed by atoms with Gasteiger partial charge in [-0.05, 0) is 18.9 Å². The molecule has 0 spiro atoms. The number of aliphatic hydroxyl groups is 1. The number of nitrogens with one attached hydrogen (secondary N) is 1. The SMILES string of the molecule is CNC(=O)c1ncn2cc(C3=C(C(=O)O)N4C(=O)[C@H]([C@@H](C)O)[C@@H]4[C@@]3(C)Cc3ccc([N+](=O)[O-])cc3)sc12. The van der Waals surface area contributed by atoms with E-state index in [2.05, 4.69) is 10.3 Å². The van der Waals surface area contributed by atoms with E-state index < -0.39 is 46.2 Å². The van der Waals surface area contributed by atoms with Crippen molar-refractivity contribution in [1.82, 2.24) is 19.6 Å². The van der Waals surface area contributed by atoms with Gasteiger partial charge in [-0.15, -0.1) is 11.3 Å². The van der Waals surface area contributed by atoms with Crippen LogP contribution in [0.4, 0.5) is 5.69 Å². The van der Waals surface area contributed by atoms with E-state index in [9.17, 15) is 34.7 Å². The number of carbonyl (C=O) groups excluding carboxylic acids is 2. The number of fused-ring (bicyclic) bond motifs is 2. The average Bonchev–Trinajstić information content (AvgIpc) is 3.47. The molecule has 0 bridgehead atoms. The number of nitrogens with zero attached hydrogens (tertiary/aromatic N) is 4. The molecular weight excluding hydrogens is 502 g/mol. The number of rotatable bonds is 7. The minimum atomic E-state index is -1.28. The van der Waals surface area contributed by atoms with Crippen molar-refractivity contribution in [2.75, 3.05) is 7.05 Å². The summed E-state index contributed by atoms with van der Waals surface area (Å²) in [5.41, 5.74) is 0.0753. The van der Waals surface area contributed by atoms with Crippen molar-refractivity contribution >= 4 is 45.2 Å². The Hall–Kier alpha value is -4.10. The fourth-order valence-electron chi connectivity index (χ4n) is 5.60. The molecule has 2 aromatic heterocycles.